The molecule has 21 heteroatoms. The van der Waals surface area contributed by atoms with Gasteiger partial charge in [0.25, 0.3) is 5.91 Å². The van der Waals surface area contributed by atoms with Crippen molar-refractivity contribution in [1.29, 1.82) is 0 Å². The van der Waals surface area contributed by atoms with E-state index in [1.807, 2.05) is 0 Å². The van der Waals surface area contributed by atoms with Gasteiger partial charge in [0.15, 0.2) is 24.1 Å². The van der Waals surface area contributed by atoms with Gasteiger partial charge in [-0.1, -0.05) is 0 Å². The van der Waals surface area contributed by atoms with E-state index >= 15 is 0 Å². The average Bonchev–Trinajstić information content (AvgIpc) is 3.68. The summed E-state index contributed by atoms with van der Waals surface area (Å²) in [6, 6.07) is -5.74. The Kier molecular flexibility index (Phi) is 12.7. The van der Waals surface area contributed by atoms with Gasteiger partial charge < -0.3 is 99.1 Å². The summed E-state index contributed by atoms with van der Waals surface area (Å²) < 4.78 is 23.3. The predicted octanol–water partition coefficient (Wildman–Crippen LogP) is -9.38. The summed E-state index contributed by atoms with van der Waals surface area (Å²) in [7, 11) is 0. The lowest BCUT2D eigenvalue weighted by Gasteiger charge is -2.49. The van der Waals surface area contributed by atoms with Crippen LogP contribution in [-0.4, -0.2) is 182 Å². The first-order chi connectivity index (χ1) is 22.1. The lowest BCUT2D eigenvalue weighted by atomic mass is 9.83. The van der Waals surface area contributed by atoms with Crippen LogP contribution in [0.25, 0.3) is 0 Å². The first kappa shape index (κ1) is 37.9. The minimum absolute atomic E-state index is 0.0582. The predicted molar refractivity (Wildman–Crippen MR) is 158 cm³/mol. The maximum absolute atomic E-state index is 13.2. The monoisotopic (exact) mass is 682 g/mol. The van der Waals surface area contributed by atoms with Crippen molar-refractivity contribution < 1.29 is 64.6 Å². The molecule has 272 valence electrons. The zero-order valence-electron chi connectivity index (χ0n) is 25.6. The van der Waals surface area contributed by atoms with E-state index in [-0.39, 0.29) is 32.0 Å². The number of hydrogen-bond acceptors (Lipinski definition) is 18. The quantitative estimate of drug-likeness (QED) is 0.0487. The minimum atomic E-state index is -1.97. The second-order valence-electron chi connectivity index (χ2n) is 12.5. The molecule has 2 unspecified atom stereocenters. The summed E-state index contributed by atoms with van der Waals surface area (Å²) in [5.74, 6) is -1.24. The van der Waals surface area contributed by atoms with Gasteiger partial charge in [0.1, 0.15) is 54.9 Å². The number of rotatable bonds is 13. The van der Waals surface area contributed by atoms with Crippen molar-refractivity contribution in [3.8, 4) is 0 Å². The molecule has 0 aromatic heterocycles. The molecule has 2 saturated carbocycles. The van der Waals surface area contributed by atoms with Crippen LogP contribution in [0.15, 0.2) is 4.99 Å². The van der Waals surface area contributed by atoms with Crippen LogP contribution in [0.3, 0.4) is 0 Å². The highest BCUT2D eigenvalue weighted by atomic mass is 16.7. The van der Waals surface area contributed by atoms with Gasteiger partial charge in [-0.25, -0.2) is 4.99 Å². The van der Waals surface area contributed by atoms with Crippen molar-refractivity contribution in [1.82, 2.24) is 10.6 Å². The highest BCUT2D eigenvalue weighted by Gasteiger charge is 2.61. The van der Waals surface area contributed by atoms with Gasteiger partial charge in [-0.15, -0.1) is 0 Å². The van der Waals surface area contributed by atoms with Crippen LogP contribution in [0.2, 0.25) is 0 Å². The van der Waals surface area contributed by atoms with Crippen molar-refractivity contribution >= 4 is 11.9 Å². The lowest BCUT2D eigenvalue weighted by Crippen LogP contribution is -2.70. The molecule has 2 saturated heterocycles. The molecule has 4 fully saturated rings. The van der Waals surface area contributed by atoms with Crippen LogP contribution in [0.1, 0.15) is 19.3 Å². The molecule has 4 aliphatic rings. The number of carbonyl (C=O) groups is 1. The summed E-state index contributed by atoms with van der Waals surface area (Å²) in [5, 5.41) is 88.8. The lowest BCUT2D eigenvalue weighted by molar-refractivity contribution is -0.320. The van der Waals surface area contributed by atoms with Gasteiger partial charge in [-0.05, 0) is 19.4 Å². The van der Waals surface area contributed by atoms with Crippen LogP contribution in [-0.2, 0) is 23.7 Å². The Morgan fingerprint density at radius 3 is 2.17 bits per heavy atom. The number of aliphatic hydroxyl groups excluding tert-OH is 7. The molecule has 0 bridgehead atoms. The fraction of sp³-hybridized carbons (Fsp3) is 0.923. The Bertz CT molecular complexity index is 1080. The number of carbonyl (C=O) groups excluding carboxylic acids is 1. The highest BCUT2D eigenvalue weighted by Crippen LogP contribution is 2.40. The van der Waals surface area contributed by atoms with Crippen LogP contribution in [0, 0.1) is 0 Å². The molecule has 2 heterocycles. The molecule has 0 radical (unpaired) electrons. The molecule has 17 atom stereocenters. The van der Waals surface area contributed by atoms with E-state index in [9.17, 15) is 40.5 Å². The zero-order valence-corrected chi connectivity index (χ0v) is 25.6. The maximum Gasteiger partial charge on any atom is 0.254 e. The summed E-state index contributed by atoms with van der Waals surface area (Å²) in [6.45, 7) is -0.299. The standard InChI is InChI=1S/C26H50N8O13/c27-8-4-9(33-24(42)26(43)5-12(26)34-25(30)31)21(47-23-18(40)13(28)15(37)11(7-36)45-23)19(41)20(8)46-22-14(29)17(39)16(38)10(44-22)6-32-2-1-3-35/h8-23,32,35-41,43H,1-7,27-29H2,(H,33,42)(H4,30,31,34)/t8-,9+,10+,11+,12?,13-,14+,15+,16+,17+,18+,19-,20+,21-,22+,23+,26?/m0/s1. The van der Waals surface area contributed by atoms with Crippen LogP contribution >= 0.6 is 0 Å². The van der Waals surface area contributed by atoms with Gasteiger partial charge in [0.05, 0.1) is 30.8 Å². The third-order valence-electron chi connectivity index (χ3n) is 9.05. The van der Waals surface area contributed by atoms with Gasteiger partial charge in [-0.3, -0.25) is 4.79 Å². The van der Waals surface area contributed by atoms with Crippen LogP contribution in [0.5, 0.6) is 0 Å². The van der Waals surface area contributed by atoms with Crippen LogP contribution < -0.4 is 39.3 Å². The van der Waals surface area contributed by atoms with E-state index in [0.717, 1.165) is 0 Å². The number of amides is 1. The van der Waals surface area contributed by atoms with Crippen molar-refractivity contribution in [2.24, 2.45) is 33.7 Å². The molecule has 2 aliphatic carbocycles. The molecule has 2 aliphatic heterocycles. The SMILES string of the molecule is NC(N)=NC1CC1(O)C(=O)N[C@@H]1C[C@H](N)[C@@H](O[C@H]2O[C@H](CNCCCO)[C@@H](O)[C@H](O)[C@H]2N)[C@H](O)[C@H]1O[C@H]1O[C@H](CO)[C@@H](O)[C@H](N)[C@H]1O. The molecule has 4 rings (SSSR count). The third kappa shape index (κ3) is 8.29. The van der Waals surface area contributed by atoms with E-state index in [1.165, 1.54) is 0 Å². The van der Waals surface area contributed by atoms with Crippen molar-refractivity contribution in [3.63, 3.8) is 0 Å². The Morgan fingerprint density at radius 2 is 1.53 bits per heavy atom. The summed E-state index contributed by atoms with van der Waals surface area (Å²) in [5.41, 5.74) is 27.2. The average molecular weight is 683 g/mol. The molecule has 21 nitrogen and oxygen atoms in total. The number of aliphatic imine (C=N–C) groups is 1. The molecule has 20 N–H and O–H groups in total. The number of ether oxygens (including phenoxy) is 4. The first-order valence-electron chi connectivity index (χ1n) is 15.5. The number of guanidine groups is 1. The topological polar surface area (TPSA) is 382 Å². The Morgan fingerprint density at radius 1 is 0.872 bits per heavy atom. The highest BCUT2D eigenvalue weighted by molar-refractivity contribution is 5.90. The van der Waals surface area contributed by atoms with Gasteiger partial charge in [0, 0.05) is 25.6 Å². The van der Waals surface area contributed by atoms with Crippen molar-refractivity contribution in [2.75, 3.05) is 26.3 Å². The number of nitrogens with one attached hydrogen (secondary N) is 2. The molecular weight excluding hydrogens is 632 g/mol. The second-order valence-corrected chi connectivity index (χ2v) is 12.5. The number of aliphatic hydroxyl groups is 8. The van der Waals surface area contributed by atoms with Gasteiger partial charge >= 0.3 is 0 Å². The Hall–Kier alpha value is -1.90. The molecule has 0 aromatic rings. The number of hydrogen-bond donors (Lipinski definition) is 15. The van der Waals surface area contributed by atoms with Crippen molar-refractivity contribution in [2.45, 2.75) is 123 Å². The largest absolute Gasteiger partial charge is 0.396 e. The van der Waals surface area contributed by atoms with E-state index in [1.54, 1.807) is 0 Å². The maximum atomic E-state index is 13.2. The second kappa shape index (κ2) is 15.8. The third-order valence-corrected chi connectivity index (χ3v) is 9.05. The fourth-order valence-electron chi connectivity index (χ4n) is 6.07. The fourth-order valence-corrected chi connectivity index (χ4v) is 6.07. The molecule has 1 amide bonds. The summed E-state index contributed by atoms with van der Waals surface area (Å²) in [4.78, 5) is 17.0. The smallest absolute Gasteiger partial charge is 0.254 e. The Balaban J connectivity index is 1.54. The van der Waals surface area contributed by atoms with E-state index < -0.39 is 116 Å². The molecule has 0 spiro atoms. The summed E-state index contributed by atoms with van der Waals surface area (Å²) >= 11 is 0. The van der Waals surface area contributed by atoms with E-state index in [0.29, 0.717) is 13.0 Å². The van der Waals surface area contributed by atoms with Gasteiger partial charge in [-0.2, -0.15) is 0 Å². The molecular formula is C26H50N8O13. The number of nitrogens with two attached hydrogens (primary N) is 5. The molecule has 0 aromatic carbocycles. The normalized spacial score (nSPS) is 46.9. The van der Waals surface area contributed by atoms with Crippen LogP contribution in [0.4, 0.5) is 0 Å². The Labute approximate surface area is 270 Å². The van der Waals surface area contributed by atoms with Gasteiger partial charge in [0.2, 0.25) is 0 Å². The number of nitrogens with zero attached hydrogens (tertiary/aromatic N) is 1. The minimum Gasteiger partial charge on any atom is -0.396 e. The van der Waals surface area contributed by atoms with E-state index in [4.69, 9.17) is 52.7 Å². The molecule has 47 heavy (non-hydrogen) atoms. The first-order valence-corrected chi connectivity index (χ1v) is 15.5. The van der Waals surface area contributed by atoms with E-state index in [2.05, 4.69) is 15.6 Å². The zero-order chi connectivity index (χ0) is 34.8. The van der Waals surface area contributed by atoms with Crippen molar-refractivity contribution in [3.05, 3.63) is 0 Å². The summed E-state index contributed by atoms with van der Waals surface area (Å²) in [6.07, 6.45) is -15.7.